The van der Waals surface area contributed by atoms with Crippen molar-refractivity contribution in [2.24, 2.45) is 0 Å². The van der Waals surface area contributed by atoms with Gasteiger partial charge in [0.15, 0.2) is 0 Å². The first-order chi connectivity index (χ1) is 11.5. The molecule has 0 radical (unpaired) electrons. The molecule has 3 aromatic carbocycles. The van der Waals surface area contributed by atoms with Gasteiger partial charge in [-0.15, -0.1) is 11.3 Å². The summed E-state index contributed by atoms with van der Waals surface area (Å²) in [6.45, 7) is 4.36. The molecule has 1 nitrogen and oxygen atoms in total. The Balaban J connectivity index is 2.26. The van der Waals surface area contributed by atoms with Crippen LogP contribution in [0.25, 0.3) is 32.0 Å². The smallest absolute Gasteiger partial charge is 0.129 e. The number of rotatable bonds is 1. The van der Waals surface area contributed by atoms with Crippen LogP contribution in [0.4, 0.5) is 0 Å². The highest BCUT2D eigenvalue weighted by atomic mass is 79.9. The number of fused-ring (bicyclic) bond motifs is 2. The summed E-state index contributed by atoms with van der Waals surface area (Å²) in [6.07, 6.45) is 0. The summed E-state index contributed by atoms with van der Waals surface area (Å²) in [5.41, 5.74) is 3.65. The third-order valence-electron chi connectivity index (χ3n) is 4.50. The lowest BCUT2D eigenvalue weighted by atomic mass is 9.93. The molecule has 0 aliphatic carbocycles. The van der Waals surface area contributed by atoms with Crippen molar-refractivity contribution in [2.75, 3.05) is 0 Å². The van der Waals surface area contributed by atoms with E-state index in [2.05, 4.69) is 70.0 Å². The molecule has 1 aromatic heterocycles. The van der Waals surface area contributed by atoms with Crippen LogP contribution < -0.4 is 0 Å². The van der Waals surface area contributed by atoms with Gasteiger partial charge in [0.1, 0.15) is 5.75 Å². The lowest BCUT2D eigenvalue weighted by Crippen LogP contribution is -1.87. The van der Waals surface area contributed by atoms with Crippen molar-refractivity contribution < 1.29 is 5.11 Å². The fourth-order valence-electron chi connectivity index (χ4n) is 3.19. The van der Waals surface area contributed by atoms with Crippen LogP contribution in [0.15, 0.2) is 51.4 Å². The van der Waals surface area contributed by atoms with Crippen LogP contribution in [0, 0.1) is 13.8 Å². The second kappa shape index (κ2) is 5.87. The summed E-state index contributed by atoms with van der Waals surface area (Å²) >= 11 is 9.11. The lowest BCUT2D eigenvalue weighted by molar-refractivity contribution is 0.472. The highest BCUT2D eigenvalue weighted by Crippen LogP contribution is 2.47. The second-order valence-electron chi connectivity index (χ2n) is 5.89. The van der Waals surface area contributed by atoms with Crippen LogP contribution in [0.5, 0.6) is 5.75 Å². The van der Waals surface area contributed by atoms with Gasteiger partial charge in [0.2, 0.25) is 0 Å². The van der Waals surface area contributed by atoms with E-state index < -0.39 is 0 Å². The van der Waals surface area contributed by atoms with E-state index >= 15 is 0 Å². The third kappa shape index (κ3) is 2.32. The van der Waals surface area contributed by atoms with E-state index in [0.29, 0.717) is 4.47 Å². The summed E-state index contributed by atoms with van der Waals surface area (Å²) in [4.78, 5) is 1.33. The van der Waals surface area contributed by atoms with Crippen LogP contribution in [-0.2, 0) is 0 Å². The van der Waals surface area contributed by atoms with Gasteiger partial charge in [-0.3, -0.25) is 0 Å². The molecule has 4 aromatic rings. The summed E-state index contributed by atoms with van der Waals surface area (Å²) in [5, 5.41) is 13.6. The van der Waals surface area contributed by atoms with Crippen LogP contribution in [0.3, 0.4) is 0 Å². The summed E-state index contributed by atoms with van der Waals surface area (Å²) in [6, 6.07) is 14.2. The average molecular weight is 462 g/mol. The second-order valence-corrected chi connectivity index (χ2v) is 8.76. The molecule has 0 fully saturated rings. The summed E-state index contributed by atoms with van der Waals surface area (Å²) in [5.74, 6) is 0.259. The molecule has 0 saturated heterocycles. The van der Waals surface area contributed by atoms with Crippen molar-refractivity contribution >= 4 is 64.1 Å². The molecular formula is C20H14Br2OS. The van der Waals surface area contributed by atoms with Crippen LogP contribution >= 0.6 is 43.2 Å². The number of aromatic hydroxyl groups is 1. The maximum atomic E-state index is 9.87. The first-order valence-electron chi connectivity index (χ1n) is 7.58. The number of aryl methyl sites for hydroxylation is 2. The lowest BCUT2D eigenvalue weighted by Gasteiger charge is -2.13. The molecular weight excluding hydrogens is 448 g/mol. The Morgan fingerprint density at radius 2 is 1.67 bits per heavy atom. The maximum absolute atomic E-state index is 9.87. The highest BCUT2D eigenvalue weighted by Gasteiger charge is 2.19. The molecule has 0 atom stereocenters. The van der Waals surface area contributed by atoms with Crippen molar-refractivity contribution in [1.29, 1.82) is 0 Å². The van der Waals surface area contributed by atoms with Gasteiger partial charge in [0, 0.05) is 14.7 Å². The topological polar surface area (TPSA) is 20.2 Å². The van der Waals surface area contributed by atoms with E-state index in [1.165, 1.54) is 36.9 Å². The van der Waals surface area contributed by atoms with Crippen molar-refractivity contribution in [3.05, 3.63) is 61.9 Å². The molecule has 0 aliphatic heterocycles. The molecule has 0 spiro atoms. The standard InChI is InChI=1S/C20H14Br2OS/c1-10-11(2)24-20-17(10)18(12-7-8-16(23)15(21)9-12)13-5-3-4-6-14(13)19(20)22/h3-9,23H,1-2H3. The van der Waals surface area contributed by atoms with Crippen molar-refractivity contribution in [1.82, 2.24) is 0 Å². The predicted octanol–water partition coefficient (Wildman–Crippen LogP) is 7.57. The zero-order valence-electron chi connectivity index (χ0n) is 13.2. The van der Waals surface area contributed by atoms with E-state index in [4.69, 9.17) is 0 Å². The van der Waals surface area contributed by atoms with Gasteiger partial charge in [-0.2, -0.15) is 0 Å². The number of hydrogen-bond acceptors (Lipinski definition) is 2. The number of halogens is 2. The molecule has 0 saturated carbocycles. The minimum atomic E-state index is 0.259. The molecule has 120 valence electrons. The van der Waals surface area contributed by atoms with Gasteiger partial charge in [0.25, 0.3) is 0 Å². The number of phenols is 1. The van der Waals surface area contributed by atoms with Gasteiger partial charge in [-0.1, -0.05) is 30.3 Å². The molecule has 0 unspecified atom stereocenters. The molecule has 4 rings (SSSR count). The molecule has 1 heterocycles. The van der Waals surface area contributed by atoms with Gasteiger partial charge in [-0.05, 0) is 85.3 Å². The molecule has 0 amide bonds. The number of benzene rings is 3. The van der Waals surface area contributed by atoms with E-state index in [-0.39, 0.29) is 5.75 Å². The van der Waals surface area contributed by atoms with Crippen LogP contribution in [0.1, 0.15) is 10.4 Å². The molecule has 0 bridgehead atoms. The first kappa shape index (κ1) is 16.1. The van der Waals surface area contributed by atoms with Crippen molar-refractivity contribution in [3.63, 3.8) is 0 Å². The highest BCUT2D eigenvalue weighted by molar-refractivity contribution is 9.11. The normalized spacial score (nSPS) is 11.5. The van der Waals surface area contributed by atoms with Gasteiger partial charge in [0.05, 0.1) is 9.17 Å². The zero-order chi connectivity index (χ0) is 17.0. The Bertz CT molecular complexity index is 1110. The number of phenolic OH excluding ortho intramolecular Hbond substituents is 1. The van der Waals surface area contributed by atoms with E-state index in [1.807, 2.05) is 23.5 Å². The Kier molecular flexibility index (Phi) is 3.94. The van der Waals surface area contributed by atoms with Crippen LogP contribution in [0.2, 0.25) is 0 Å². The minimum absolute atomic E-state index is 0.259. The monoisotopic (exact) mass is 460 g/mol. The minimum Gasteiger partial charge on any atom is -0.507 e. The number of hydrogen-bond donors (Lipinski definition) is 1. The first-order valence-corrected chi connectivity index (χ1v) is 9.98. The fraction of sp³-hybridized carbons (Fsp3) is 0.100. The molecule has 0 aliphatic rings. The van der Waals surface area contributed by atoms with Gasteiger partial charge in [-0.25, -0.2) is 0 Å². The average Bonchev–Trinajstić information content (AvgIpc) is 2.87. The largest absolute Gasteiger partial charge is 0.507 e. The maximum Gasteiger partial charge on any atom is 0.129 e. The predicted molar refractivity (Wildman–Crippen MR) is 111 cm³/mol. The number of thiophene rings is 1. The molecule has 1 N–H and O–H groups in total. The van der Waals surface area contributed by atoms with Crippen molar-refractivity contribution in [2.45, 2.75) is 13.8 Å². The quantitative estimate of drug-likeness (QED) is 0.310. The Hall–Kier alpha value is -1.36. The molecule has 24 heavy (non-hydrogen) atoms. The van der Waals surface area contributed by atoms with E-state index in [0.717, 1.165) is 10.0 Å². The zero-order valence-corrected chi connectivity index (χ0v) is 17.1. The Morgan fingerprint density at radius 1 is 0.958 bits per heavy atom. The van der Waals surface area contributed by atoms with Gasteiger partial charge < -0.3 is 5.11 Å². The van der Waals surface area contributed by atoms with E-state index in [9.17, 15) is 5.11 Å². The van der Waals surface area contributed by atoms with Crippen LogP contribution in [-0.4, -0.2) is 5.11 Å². The summed E-state index contributed by atoms with van der Waals surface area (Å²) < 4.78 is 3.16. The van der Waals surface area contributed by atoms with Gasteiger partial charge >= 0.3 is 0 Å². The van der Waals surface area contributed by atoms with E-state index in [1.54, 1.807) is 6.07 Å². The fourth-order valence-corrected chi connectivity index (χ4v) is 5.48. The third-order valence-corrected chi connectivity index (χ3v) is 7.45. The van der Waals surface area contributed by atoms with Crippen molar-refractivity contribution in [3.8, 4) is 16.9 Å². The SMILES string of the molecule is Cc1sc2c(Br)c3ccccc3c(-c3ccc(O)c(Br)c3)c2c1C. The summed E-state index contributed by atoms with van der Waals surface area (Å²) in [7, 11) is 0. The Labute approximate surface area is 161 Å². The molecule has 4 heteroatoms. The Morgan fingerprint density at radius 3 is 2.38 bits per heavy atom.